The van der Waals surface area contributed by atoms with E-state index in [2.05, 4.69) is 4.98 Å². The first-order valence-corrected chi connectivity index (χ1v) is 12.0. The third-order valence-corrected chi connectivity index (χ3v) is 6.71. The summed E-state index contributed by atoms with van der Waals surface area (Å²) in [5.41, 5.74) is 1.72. The molecule has 0 unspecified atom stereocenters. The van der Waals surface area contributed by atoms with Gasteiger partial charge in [0.1, 0.15) is 29.0 Å². The molecule has 8 heteroatoms. The van der Waals surface area contributed by atoms with Crippen LogP contribution in [0, 0.1) is 11.6 Å². The van der Waals surface area contributed by atoms with Crippen molar-refractivity contribution in [3.63, 3.8) is 0 Å². The summed E-state index contributed by atoms with van der Waals surface area (Å²) in [7, 11) is -3.49. The Morgan fingerprint density at radius 2 is 1.52 bits per heavy atom. The van der Waals surface area contributed by atoms with Crippen LogP contribution >= 0.6 is 11.3 Å². The zero-order chi connectivity index (χ0) is 22.0. The summed E-state index contributed by atoms with van der Waals surface area (Å²) in [6.07, 6.45) is 1.16. The molecule has 0 spiro atoms. The summed E-state index contributed by atoms with van der Waals surface area (Å²) in [4.78, 5) is 5.48. The van der Waals surface area contributed by atoms with Crippen molar-refractivity contribution in [2.75, 3.05) is 6.26 Å². The van der Waals surface area contributed by atoms with E-state index in [1.807, 2.05) is 0 Å². The van der Waals surface area contributed by atoms with E-state index in [0.717, 1.165) is 6.26 Å². The van der Waals surface area contributed by atoms with Crippen LogP contribution in [-0.2, 0) is 16.4 Å². The van der Waals surface area contributed by atoms with Crippen LogP contribution in [0.3, 0.4) is 0 Å². The van der Waals surface area contributed by atoms with Gasteiger partial charge in [-0.05, 0) is 54.6 Å². The standard InChI is InChI=1S/C23H17F2NO3S2/c1-31(27,28)20-5-3-2-4-19(20)23-22(15-6-8-16(24)9-7-15)26-21(30-23)14-29-18-12-10-17(25)11-13-18/h2-13H,14H2,1H3. The molecule has 4 nitrogen and oxygen atoms in total. The van der Waals surface area contributed by atoms with E-state index in [0.29, 0.717) is 32.5 Å². The Hall–Kier alpha value is -3.10. The van der Waals surface area contributed by atoms with Crippen LogP contribution < -0.4 is 4.74 Å². The second kappa shape index (κ2) is 8.56. The maximum atomic E-state index is 13.4. The predicted octanol–water partition coefficient (Wildman–Crippen LogP) is 5.74. The molecule has 0 fully saturated rings. The van der Waals surface area contributed by atoms with Gasteiger partial charge in [-0.15, -0.1) is 11.3 Å². The Balaban J connectivity index is 1.78. The topological polar surface area (TPSA) is 56.3 Å². The quantitative estimate of drug-likeness (QED) is 0.371. The van der Waals surface area contributed by atoms with Crippen molar-refractivity contribution < 1.29 is 21.9 Å². The fourth-order valence-electron chi connectivity index (χ4n) is 3.07. The van der Waals surface area contributed by atoms with Crippen LogP contribution in [-0.4, -0.2) is 19.7 Å². The van der Waals surface area contributed by atoms with Crippen LogP contribution in [0.2, 0.25) is 0 Å². The number of halogens is 2. The Labute approximate surface area is 182 Å². The lowest BCUT2D eigenvalue weighted by molar-refractivity contribution is 0.305. The zero-order valence-corrected chi connectivity index (χ0v) is 18.0. The number of hydrogen-bond acceptors (Lipinski definition) is 5. The Morgan fingerprint density at radius 1 is 0.903 bits per heavy atom. The van der Waals surface area contributed by atoms with E-state index in [9.17, 15) is 17.2 Å². The molecule has 0 aliphatic rings. The second-order valence-electron chi connectivity index (χ2n) is 6.80. The monoisotopic (exact) mass is 457 g/mol. The summed E-state index contributed by atoms with van der Waals surface area (Å²) in [5, 5.41) is 0.599. The van der Waals surface area contributed by atoms with E-state index in [1.54, 1.807) is 36.4 Å². The molecule has 0 saturated carbocycles. The van der Waals surface area contributed by atoms with Crippen LogP contribution in [0.15, 0.2) is 77.7 Å². The molecule has 158 valence electrons. The minimum absolute atomic E-state index is 0.117. The highest BCUT2D eigenvalue weighted by Gasteiger charge is 2.21. The third-order valence-electron chi connectivity index (χ3n) is 4.50. The summed E-state index contributed by atoms with van der Waals surface area (Å²) in [5.74, 6) is -0.255. The minimum Gasteiger partial charge on any atom is -0.486 e. The van der Waals surface area contributed by atoms with E-state index in [-0.39, 0.29) is 23.1 Å². The largest absolute Gasteiger partial charge is 0.486 e. The number of hydrogen-bond donors (Lipinski definition) is 0. The van der Waals surface area contributed by atoms with Crippen molar-refractivity contribution in [2.24, 2.45) is 0 Å². The number of sulfone groups is 1. The highest BCUT2D eigenvalue weighted by atomic mass is 32.2. The first-order valence-electron chi connectivity index (χ1n) is 9.25. The van der Waals surface area contributed by atoms with Crippen molar-refractivity contribution in [1.82, 2.24) is 4.98 Å². The van der Waals surface area contributed by atoms with E-state index >= 15 is 0 Å². The minimum atomic E-state index is -3.49. The molecule has 0 radical (unpaired) electrons. The maximum Gasteiger partial charge on any atom is 0.176 e. The van der Waals surface area contributed by atoms with Gasteiger partial charge in [-0.3, -0.25) is 0 Å². The van der Waals surface area contributed by atoms with Gasteiger partial charge in [0.25, 0.3) is 0 Å². The molecule has 31 heavy (non-hydrogen) atoms. The molecule has 0 aliphatic heterocycles. The first-order chi connectivity index (χ1) is 14.8. The highest BCUT2D eigenvalue weighted by molar-refractivity contribution is 7.90. The average Bonchev–Trinajstić information content (AvgIpc) is 3.17. The van der Waals surface area contributed by atoms with E-state index < -0.39 is 9.84 Å². The number of aromatic nitrogens is 1. The van der Waals surface area contributed by atoms with Gasteiger partial charge in [-0.1, -0.05) is 18.2 Å². The molecule has 3 aromatic carbocycles. The van der Waals surface area contributed by atoms with Crippen LogP contribution in [0.25, 0.3) is 21.7 Å². The normalized spacial score (nSPS) is 11.5. The number of ether oxygens (including phenoxy) is 1. The molecule has 0 N–H and O–H groups in total. The summed E-state index contributed by atoms with van der Waals surface area (Å²) in [6.45, 7) is 0.117. The van der Waals surface area contributed by atoms with Crippen LogP contribution in [0.5, 0.6) is 5.75 Å². The number of thiazole rings is 1. The molecule has 4 aromatic rings. The molecule has 0 saturated heterocycles. The molecule has 0 bridgehead atoms. The van der Waals surface area contributed by atoms with Gasteiger partial charge in [0.05, 0.1) is 15.5 Å². The van der Waals surface area contributed by atoms with Gasteiger partial charge in [0.2, 0.25) is 0 Å². The molecule has 4 rings (SSSR count). The first kappa shape index (κ1) is 21.1. The fourth-order valence-corrected chi connectivity index (χ4v) is 5.06. The molecule has 1 heterocycles. The molecule has 1 aromatic heterocycles. The van der Waals surface area contributed by atoms with Crippen molar-refractivity contribution >= 4 is 21.2 Å². The average molecular weight is 458 g/mol. The number of nitrogens with zero attached hydrogens (tertiary/aromatic N) is 1. The van der Waals surface area contributed by atoms with Gasteiger partial charge in [-0.2, -0.15) is 0 Å². The summed E-state index contributed by atoms with van der Waals surface area (Å²) >= 11 is 1.30. The Bertz CT molecular complexity index is 1320. The lowest BCUT2D eigenvalue weighted by Gasteiger charge is -2.08. The van der Waals surface area contributed by atoms with Gasteiger partial charge in [0, 0.05) is 17.4 Å². The van der Waals surface area contributed by atoms with Crippen LogP contribution in [0.1, 0.15) is 5.01 Å². The second-order valence-corrected chi connectivity index (χ2v) is 9.87. The lowest BCUT2D eigenvalue weighted by Crippen LogP contribution is -1.99. The Morgan fingerprint density at radius 3 is 2.16 bits per heavy atom. The third kappa shape index (κ3) is 4.81. The van der Waals surface area contributed by atoms with Crippen molar-refractivity contribution in [2.45, 2.75) is 11.5 Å². The van der Waals surface area contributed by atoms with Crippen molar-refractivity contribution in [3.05, 3.63) is 89.4 Å². The summed E-state index contributed by atoms with van der Waals surface area (Å²) < 4.78 is 56.9. The highest BCUT2D eigenvalue weighted by Crippen LogP contribution is 2.40. The molecule has 0 aliphatic carbocycles. The smallest absolute Gasteiger partial charge is 0.176 e. The fraction of sp³-hybridized carbons (Fsp3) is 0.0870. The number of rotatable bonds is 6. The van der Waals surface area contributed by atoms with Crippen molar-refractivity contribution in [1.29, 1.82) is 0 Å². The number of benzene rings is 3. The maximum absolute atomic E-state index is 13.4. The van der Waals surface area contributed by atoms with Crippen molar-refractivity contribution in [3.8, 4) is 27.4 Å². The molecule has 0 atom stereocenters. The SMILES string of the molecule is CS(=O)(=O)c1ccccc1-c1sc(COc2ccc(F)cc2)nc1-c1ccc(F)cc1. The molecular formula is C23H17F2NO3S2. The summed E-state index contributed by atoms with van der Waals surface area (Å²) in [6, 6.07) is 18.2. The lowest BCUT2D eigenvalue weighted by atomic mass is 10.1. The van der Waals surface area contributed by atoms with Gasteiger partial charge >= 0.3 is 0 Å². The van der Waals surface area contributed by atoms with Gasteiger partial charge in [-0.25, -0.2) is 22.2 Å². The zero-order valence-electron chi connectivity index (χ0n) is 16.4. The predicted molar refractivity (Wildman–Crippen MR) is 117 cm³/mol. The van der Waals surface area contributed by atoms with E-state index in [1.165, 1.54) is 47.7 Å². The van der Waals surface area contributed by atoms with Gasteiger partial charge < -0.3 is 4.74 Å². The molecule has 0 amide bonds. The van der Waals surface area contributed by atoms with E-state index in [4.69, 9.17) is 4.74 Å². The Kier molecular flexibility index (Phi) is 5.84. The molecular weight excluding hydrogens is 440 g/mol. The van der Waals surface area contributed by atoms with Crippen LogP contribution in [0.4, 0.5) is 8.78 Å². The van der Waals surface area contributed by atoms with Gasteiger partial charge in [0.15, 0.2) is 9.84 Å².